The number of aromatic nitrogens is 1. The molecule has 14 heteroatoms. The van der Waals surface area contributed by atoms with Crippen molar-refractivity contribution in [2.45, 2.75) is 24.9 Å². The van der Waals surface area contributed by atoms with Gasteiger partial charge in [-0.25, -0.2) is 9.59 Å². The molecule has 2 aliphatic rings. The molecule has 41 heavy (non-hydrogen) atoms. The first-order chi connectivity index (χ1) is 19.3. The number of ether oxygens (including phenoxy) is 1. The number of fused-ring (bicyclic) bond motifs is 1. The number of anilines is 1. The summed E-state index contributed by atoms with van der Waals surface area (Å²) in [4.78, 5) is 30.6. The number of methoxy groups -OCH3 is 1. The average molecular weight is 584 g/mol. The fourth-order valence-electron chi connectivity index (χ4n) is 5.23. The SMILES string of the molecule is COC(=O)n1cc(CN2CCN(C3CN(C(=O)Nc4cc(C(F)(F)F)cc(C(F)(F)F)c4)C3)CC2)c2ccccc21. The summed E-state index contributed by atoms with van der Waals surface area (Å²) in [6.07, 6.45) is -8.68. The topological polar surface area (TPSA) is 70.0 Å². The Bertz CT molecular complexity index is 1410. The van der Waals surface area contributed by atoms with Crippen LogP contribution in [0.4, 0.5) is 41.6 Å². The smallest absolute Gasteiger partial charge is 0.418 e. The molecule has 2 saturated heterocycles. The molecular weight excluding hydrogens is 556 g/mol. The van der Waals surface area contributed by atoms with E-state index in [9.17, 15) is 35.9 Å². The third-order valence-electron chi connectivity index (χ3n) is 7.47. The molecule has 0 aliphatic carbocycles. The van der Waals surface area contributed by atoms with Crippen LogP contribution in [0.15, 0.2) is 48.7 Å². The van der Waals surface area contributed by atoms with Crippen LogP contribution in [0, 0.1) is 0 Å². The minimum Gasteiger partial charge on any atom is -0.452 e. The number of hydrogen-bond acceptors (Lipinski definition) is 5. The summed E-state index contributed by atoms with van der Waals surface area (Å²) < 4.78 is 85.1. The van der Waals surface area contributed by atoms with Gasteiger partial charge in [-0.05, 0) is 29.8 Å². The van der Waals surface area contributed by atoms with Gasteiger partial charge in [0.1, 0.15) is 0 Å². The van der Waals surface area contributed by atoms with E-state index in [1.165, 1.54) is 16.6 Å². The number of piperazine rings is 1. The first kappa shape index (κ1) is 28.7. The zero-order valence-electron chi connectivity index (χ0n) is 21.9. The number of nitrogens with zero attached hydrogens (tertiary/aromatic N) is 4. The molecule has 1 N–H and O–H groups in total. The highest BCUT2D eigenvalue weighted by Gasteiger charge is 2.39. The first-order valence-corrected chi connectivity index (χ1v) is 12.8. The fourth-order valence-corrected chi connectivity index (χ4v) is 5.23. The molecule has 2 aliphatic heterocycles. The van der Waals surface area contributed by atoms with Crippen molar-refractivity contribution in [2.24, 2.45) is 0 Å². The van der Waals surface area contributed by atoms with E-state index in [-0.39, 0.29) is 12.1 Å². The van der Waals surface area contributed by atoms with Crippen molar-refractivity contribution >= 4 is 28.7 Å². The molecule has 0 bridgehead atoms. The Balaban J connectivity index is 1.14. The van der Waals surface area contributed by atoms with Gasteiger partial charge < -0.3 is 15.0 Å². The predicted molar refractivity (Wildman–Crippen MR) is 137 cm³/mol. The van der Waals surface area contributed by atoms with Crippen LogP contribution < -0.4 is 5.32 Å². The van der Waals surface area contributed by atoms with Crippen LogP contribution >= 0.6 is 0 Å². The fraction of sp³-hybridized carbons (Fsp3) is 0.407. The highest BCUT2D eigenvalue weighted by molar-refractivity contribution is 5.92. The highest BCUT2D eigenvalue weighted by Crippen LogP contribution is 2.37. The summed E-state index contributed by atoms with van der Waals surface area (Å²) in [6, 6.07) is 7.86. The lowest BCUT2D eigenvalue weighted by atomic mass is 10.1. The number of carbonyl (C=O) groups is 2. The van der Waals surface area contributed by atoms with E-state index in [0.29, 0.717) is 31.8 Å². The van der Waals surface area contributed by atoms with Crippen LogP contribution in [0.25, 0.3) is 10.9 Å². The molecule has 0 atom stereocenters. The maximum absolute atomic E-state index is 13.1. The van der Waals surface area contributed by atoms with E-state index in [0.717, 1.165) is 42.6 Å². The largest absolute Gasteiger partial charge is 0.452 e. The van der Waals surface area contributed by atoms with Crippen LogP contribution in [0.3, 0.4) is 0 Å². The zero-order chi connectivity index (χ0) is 29.5. The summed E-state index contributed by atoms with van der Waals surface area (Å²) in [6.45, 7) is 4.17. The lowest BCUT2D eigenvalue weighted by molar-refractivity contribution is -0.143. The average Bonchev–Trinajstić information content (AvgIpc) is 3.25. The van der Waals surface area contributed by atoms with E-state index in [2.05, 4.69) is 15.1 Å². The van der Waals surface area contributed by atoms with Crippen LogP contribution in [-0.2, 0) is 23.6 Å². The van der Waals surface area contributed by atoms with Gasteiger partial charge in [0, 0.05) is 69.1 Å². The first-order valence-electron chi connectivity index (χ1n) is 12.8. The lowest BCUT2D eigenvalue weighted by Crippen LogP contribution is -2.64. The van der Waals surface area contributed by atoms with Gasteiger partial charge >= 0.3 is 24.5 Å². The summed E-state index contributed by atoms with van der Waals surface area (Å²) in [7, 11) is 1.33. The molecule has 0 saturated carbocycles. The van der Waals surface area contributed by atoms with E-state index in [1.54, 1.807) is 6.20 Å². The number of halogens is 6. The Morgan fingerprint density at radius 2 is 1.54 bits per heavy atom. The monoisotopic (exact) mass is 583 g/mol. The predicted octanol–water partition coefficient (Wildman–Crippen LogP) is 5.33. The molecular formula is C27H27F6N5O3. The molecule has 2 fully saturated rings. The van der Waals surface area contributed by atoms with Gasteiger partial charge in [-0.15, -0.1) is 0 Å². The van der Waals surface area contributed by atoms with Crippen molar-refractivity contribution in [2.75, 3.05) is 51.7 Å². The molecule has 2 aromatic carbocycles. The van der Waals surface area contributed by atoms with Crippen LogP contribution in [0.2, 0.25) is 0 Å². The van der Waals surface area contributed by atoms with Gasteiger partial charge in [-0.2, -0.15) is 26.3 Å². The number of carbonyl (C=O) groups excluding carboxylic acids is 2. The zero-order valence-corrected chi connectivity index (χ0v) is 21.9. The Morgan fingerprint density at radius 3 is 2.12 bits per heavy atom. The van der Waals surface area contributed by atoms with E-state index in [1.807, 2.05) is 24.3 Å². The normalized spacial score (nSPS) is 17.5. The van der Waals surface area contributed by atoms with E-state index >= 15 is 0 Å². The van der Waals surface area contributed by atoms with E-state index in [4.69, 9.17) is 4.74 Å². The molecule has 0 spiro atoms. The van der Waals surface area contributed by atoms with Crippen molar-refractivity contribution < 1.29 is 40.7 Å². The van der Waals surface area contributed by atoms with Gasteiger partial charge in [0.2, 0.25) is 0 Å². The number of benzene rings is 2. The van der Waals surface area contributed by atoms with Gasteiger partial charge in [-0.1, -0.05) is 18.2 Å². The van der Waals surface area contributed by atoms with E-state index < -0.39 is 41.3 Å². The third kappa shape index (κ3) is 6.12. The molecule has 8 nitrogen and oxygen atoms in total. The number of rotatable bonds is 4. The van der Waals surface area contributed by atoms with Gasteiger partial charge in [0.15, 0.2) is 0 Å². The summed E-state index contributed by atoms with van der Waals surface area (Å²) >= 11 is 0. The standard InChI is InChI=1S/C27H27F6N5O3/c1-41-25(40)38-14-17(22-4-2-3-5-23(22)38)13-35-6-8-36(9-7-35)21-15-37(16-21)24(39)34-20-11-18(26(28,29)30)10-19(12-20)27(31,32)33/h2-5,10-12,14,21H,6-9,13,15-16H2,1H3,(H,34,39). The molecule has 3 heterocycles. The second-order valence-electron chi connectivity index (χ2n) is 10.1. The van der Waals surface area contributed by atoms with Crippen molar-refractivity contribution in [3.8, 4) is 0 Å². The molecule has 3 aromatic rings. The molecule has 2 amide bonds. The van der Waals surface area contributed by atoms with Crippen LogP contribution in [0.1, 0.15) is 16.7 Å². The van der Waals surface area contributed by atoms with Crippen molar-refractivity contribution in [3.05, 3.63) is 65.4 Å². The highest BCUT2D eigenvalue weighted by atomic mass is 19.4. The Morgan fingerprint density at radius 1 is 0.927 bits per heavy atom. The Kier molecular flexibility index (Phi) is 7.64. The molecule has 220 valence electrons. The summed E-state index contributed by atoms with van der Waals surface area (Å²) in [5.74, 6) is 0. The quantitative estimate of drug-likeness (QED) is 0.421. The van der Waals surface area contributed by atoms with Gasteiger partial charge in [0.05, 0.1) is 23.8 Å². The lowest BCUT2D eigenvalue weighted by Gasteiger charge is -2.48. The Hall–Kier alpha value is -3.78. The summed E-state index contributed by atoms with van der Waals surface area (Å²) in [5, 5.41) is 3.14. The molecule has 0 radical (unpaired) electrons. The number of nitrogens with one attached hydrogen (secondary N) is 1. The number of urea groups is 1. The second kappa shape index (κ2) is 10.9. The molecule has 1 aromatic heterocycles. The third-order valence-corrected chi connectivity index (χ3v) is 7.47. The summed E-state index contributed by atoms with van der Waals surface area (Å²) in [5.41, 5.74) is -1.79. The van der Waals surface area contributed by atoms with Crippen molar-refractivity contribution in [1.82, 2.24) is 19.3 Å². The number of amides is 2. The van der Waals surface area contributed by atoms with Gasteiger partial charge in [-0.3, -0.25) is 14.4 Å². The Labute approximate surface area is 231 Å². The van der Waals surface area contributed by atoms with Crippen molar-refractivity contribution in [3.63, 3.8) is 0 Å². The second-order valence-corrected chi connectivity index (χ2v) is 10.1. The van der Waals surface area contributed by atoms with Gasteiger partial charge in [0.25, 0.3) is 0 Å². The number of hydrogen-bond donors (Lipinski definition) is 1. The number of alkyl halides is 6. The van der Waals surface area contributed by atoms with Crippen LogP contribution in [0.5, 0.6) is 0 Å². The van der Waals surface area contributed by atoms with Crippen molar-refractivity contribution in [1.29, 1.82) is 0 Å². The maximum Gasteiger partial charge on any atom is 0.418 e. The maximum atomic E-state index is 13.1. The number of para-hydroxylation sites is 1. The number of likely N-dealkylation sites (tertiary alicyclic amines) is 1. The molecule has 5 rings (SSSR count). The minimum absolute atomic E-state index is 0.0200. The molecule has 0 unspecified atom stereocenters. The minimum atomic E-state index is -5.00. The van der Waals surface area contributed by atoms with Crippen LogP contribution in [-0.4, -0.2) is 83.8 Å².